The molecular formula is C17H13NO3. The van der Waals surface area contributed by atoms with Gasteiger partial charge in [0.25, 0.3) is 11.8 Å². The van der Waals surface area contributed by atoms with Crippen LogP contribution in [0.1, 0.15) is 5.56 Å². The molecule has 0 radical (unpaired) electrons. The number of nitrogens with one attached hydrogen (secondary N) is 1. The fourth-order valence-electron chi connectivity index (χ4n) is 2.15. The molecule has 1 heterocycles. The summed E-state index contributed by atoms with van der Waals surface area (Å²) in [6.45, 7) is 0. The van der Waals surface area contributed by atoms with Gasteiger partial charge in [-0.15, -0.1) is 0 Å². The first-order valence-electron chi connectivity index (χ1n) is 6.59. The van der Waals surface area contributed by atoms with Crippen molar-refractivity contribution in [2.45, 2.75) is 6.42 Å². The van der Waals surface area contributed by atoms with Crippen LogP contribution < -0.4 is 10.1 Å². The van der Waals surface area contributed by atoms with Gasteiger partial charge in [-0.25, -0.2) is 0 Å². The van der Waals surface area contributed by atoms with E-state index in [0.717, 1.165) is 11.3 Å². The Kier molecular flexibility index (Phi) is 3.51. The van der Waals surface area contributed by atoms with E-state index in [1.807, 2.05) is 54.6 Å². The van der Waals surface area contributed by atoms with Crippen LogP contribution in [0.15, 0.2) is 66.2 Å². The lowest BCUT2D eigenvalue weighted by Crippen LogP contribution is -2.22. The summed E-state index contributed by atoms with van der Waals surface area (Å²) in [5.74, 6) is 0.702. The first kappa shape index (κ1) is 13.1. The fourth-order valence-corrected chi connectivity index (χ4v) is 2.15. The van der Waals surface area contributed by atoms with E-state index in [9.17, 15) is 9.59 Å². The maximum atomic E-state index is 11.6. The molecule has 1 aliphatic rings. The summed E-state index contributed by atoms with van der Waals surface area (Å²) in [6, 6.07) is 16.9. The molecule has 4 heteroatoms. The van der Waals surface area contributed by atoms with Crippen molar-refractivity contribution in [2.24, 2.45) is 0 Å². The lowest BCUT2D eigenvalue weighted by molar-refractivity contribution is -0.123. The van der Waals surface area contributed by atoms with Crippen molar-refractivity contribution in [1.82, 2.24) is 5.32 Å². The molecule has 0 aromatic heterocycles. The zero-order chi connectivity index (χ0) is 14.7. The number of carbonyl (C=O) groups excluding carboxylic acids is 2. The molecule has 2 amide bonds. The number of rotatable bonds is 4. The largest absolute Gasteiger partial charge is 0.457 e. The molecule has 0 spiro atoms. The molecular weight excluding hydrogens is 266 g/mol. The van der Waals surface area contributed by atoms with Gasteiger partial charge in [-0.05, 0) is 23.8 Å². The van der Waals surface area contributed by atoms with Crippen LogP contribution in [0.2, 0.25) is 0 Å². The number of amides is 2. The molecule has 0 aliphatic carbocycles. The average Bonchev–Trinajstić information content (AvgIpc) is 2.80. The molecule has 104 valence electrons. The highest BCUT2D eigenvalue weighted by atomic mass is 16.5. The maximum Gasteiger partial charge on any atom is 0.254 e. The lowest BCUT2D eigenvalue weighted by atomic mass is 10.0. The smallest absolute Gasteiger partial charge is 0.254 e. The Hall–Kier alpha value is -2.88. The molecule has 0 atom stereocenters. The lowest BCUT2D eigenvalue weighted by Gasteiger charge is -2.11. The zero-order valence-electron chi connectivity index (χ0n) is 11.2. The molecule has 1 aliphatic heterocycles. The first-order valence-corrected chi connectivity index (χ1v) is 6.59. The van der Waals surface area contributed by atoms with Crippen molar-refractivity contribution in [3.8, 4) is 11.5 Å². The Labute approximate surface area is 122 Å². The predicted octanol–water partition coefficient (Wildman–Crippen LogP) is 2.60. The van der Waals surface area contributed by atoms with Crippen LogP contribution in [0, 0.1) is 0 Å². The summed E-state index contributed by atoms with van der Waals surface area (Å²) in [5, 5.41) is 2.24. The monoisotopic (exact) mass is 279 g/mol. The minimum atomic E-state index is -0.364. The SMILES string of the molecule is O=C1C=C(Cc2ccccc2Oc2ccccc2)C(=O)N1. The van der Waals surface area contributed by atoms with Crippen LogP contribution in [0.3, 0.4) is 0 Å². The summed E-state index contributed by atoms with van der Waals surface area (Å²) in [7, 11) is 0. The average molecular weight is 279 g/mol. The Bertz CT molecular complexity index is 720. The van der Waals surface area contributed by atoms with E-state index in [-0.39, 0.29) is 11.8 Å². The van der Waals surface area contributed by atoms with Crippen LogP contribution >= 0.6 is 0 Å². The van der Waals surface area contributed by atoms with Gasteiger partial charge in [-0.1, -0.05) is 36.4 Å². The van der Waals surface area contributed by atoms with Crippen LogP contribution in [-0.2, 0) is 16.0 Å². The summed E-state index contributed by atoms with van der Waals surface area (Å²) in [5.41, 5.74) is 1.31. The summed E-state index contributed by atoms with van der Waals surface area (Å²) >= 11 is 0. The van der Waals surface area contributed by atoms with Crippen molar-refractivity contribution < 1.29 is 14.3 Å². The van der Waals surface area contributed by atoms with Crippen LogP contribution in [0.5, 0.6) is 11.5 Å². The normalized spacial score (nSPS) is 13.8. The number of imide groups is 1. The van der Waals surface area contributed by atoms with Crippen LogP contribution in [-0.4, -0.2) is 11.8 Å². The number of hydrogen-bond acceptors (Lipinski definition) is 3. The molecule has 21 heavy (non-hydrogen) atoms. The number of para-hydroxylation sites is 2. The van der Waals surface area contributed by atoms with E-state index < -0.39 is 0 Å². The van der Waals surface area contributed by atoms with Crippen molar-refractivity contribution >= 4 is 11.8 Å². The Balaban J connectivity index is 1.85. The van der Waals surface area contributed by atoms with E-state index in [4.69, 9.17) is 4.74 Å². The molecule has 0 saturated heterocycles. The Morgan fingerprint density at radius 1 is 0.905 bits per heavy atom. The summed E-state index contributed by atoms with van der Waals surface area (Å²) in [4.78, 5) is 22.8. The third-order valence-corrected chi connectivity index (χ3v) is 3.16. The third kappa shape index (κ3) is 3.00. The van der Waals surface area contributed by atoms with Gasteiger partial charge in [-0.3, -0.25) is 14.9 Å². The van der Waals surface area contributed by atoms with E-state index in [2.05, 4.69) is 5.32 Å². The van der Waals surface area contributed by atoms with Crippen LogP contribution in [0.4, 0.5) is 0 Å². The van der Waals surface area contributed by atoms with Gasteiger partial charge >= 0.3 is 0 Å². The van der Waals surface area contributed by atoms with Gasteiger partial charge < -0.3 is 4.74 Å². The highest BCUT2D eigenvalue weighted by Crippen LogP contribution is 2.27. The standard InChI is InChI=1S/C17H13NO3/c19-16-11-13(17(20)18-16)10-12-6-4-5-9-15(12)21-14-7-2-1-3-8-14/h1-9,11H,10H2,(H,18,19,20). The molecule has 0 saturated carbocycles. The number of carbonyl (C=O) groups is 2. The molecule has 0 bridgehead atoms. The highest BCUT2D eigenvalue weighted by molar-refractivity contribution is 6.16. The van der Waals surface area contributed by atoms with E-state index in [0.29, 0.717) is 17.7 Å². The Morgan fingerprint density at radius 3 is 2.33 bits per heavy atom. The second kappa shape index (κ2) is 5.63. The van der Waals surface area contributed by atoms with Crippen molar-refractivity contribution in [3.05, 3.63) is 71.8 Å². The van der Waals surface area contributed by atoms with Gasteiger partial charge in [0, 0.05) is 18.1 Å². The van der Waals surface area contributed by atoms with Gasteiger partial charge in [0.05, 0.1) is 0 Å². The zero-order valence-corrected chi connectivity index (χ0v) is 11.2. The molecule has 1 N–H and O–H groups in total. The van der Waals surface area contributed by atoms with E-state index >= 15 is 0 Å². The quantitative estimate of drug-likeness (QED) is 0.875. The second-order valence-corrected chi connectivity index (χ2v) is 4.69. The van der Waals surface area contributed by atoms with Crippen molar-refractivity contribution in [2.75, 3.05) is 0 Å². The van der Waals surface area contributed by atoms with Gasteiger partial charge in [-0.2, -0.15) is 0 Å². The van der Waals surface area contributed by atoms with Gasteiger partial charge in [0.1, 0.15) is 11.5 Å². The minimum Gasteiger partial charge on any atom is -0.457 e. The molecule has 2 aromatic rings. The Morgan fingerprint density at radius 2 is 1.62 bits per heavy atom. The predicted molar refractivity (Wildman–Crippen MR) is 77.9 cm³/mol. The van der Waals surface area contributed by atoms with E-state index in [1.165, 1.54) is 6.08 Å². The van der Waals surface area contributed by atoms with Crippen LogP contribution in [0.25, 0.3) is 0 Å². The van der Waals surface area contributed by atoms with Gasteiger partial charge in [0.2, 0.25) is 0 Å². The second-order valence-electron chi connectivity index (χ2n) is 4.69. The highest BCUT2D eigenvalue weighted by Gasteiger charge is 2.21. The molecule has 4 nitrogen and oxygen atoms in total. The number of hydrogen-bond donors (Lipinski definition) is 1. The minimum absolute atomic E-state index is 0.338. The van der Waals surface area contributed by atoms with Gasteiger partial charge in [0.15, 0.2) is 0 Å². The fraction of sp³-hybridized carbons (Fsp3) is 0.0588. The molecule has 0 unspecified atom stereocenters. The molecule has 2 aromatic carbocycles. The molecule has 0 fully saturated rings. The van der Waals surface area contributed by atoms with Crippen molar-refractivity contribution in [3.63, 3.8) is 0 Å². The number of ether oxygens (including phenoxy) is 1. The maximum absolute atomic E-state index is 11.6. The summed E-state index contributed by atoms with van der Waals surface area (Å²) in [6.07, 6.45) is 1.70. The molecule has 3 rings (SSSR count). The number of benzene rings is 2. The first-order chi connectivity index (χ1) is 10.2. The topological polar surface area (TPSA) is 55.4 Å². The third-order valence-electron chi connectivity index (χ3n) is 3.16. The summed E-state index contributed by atoms with van der Waals surface area (Å²) < 4.78 is 5.84. The van der Waals surface area contributed by atoms with E-state index in [1.54, 1.807) is 0 Å². The van der Waals surface area contributed by atoms with Crippen molar-refractivity contribution in [1.29, 1.82) is 0 Å².